The van der Waals surface area contributed by atoms with Crippen LogP contribution >= 0.6 is 0 Å². The fourth-order valence-electron chi connectivity index (χ4n) is 1.86. The van der Waals surface area contributed by atoms with Gasteiger partial charge in [-0.3, -0.25) is 0 Å². The zero-order valence-corrected chi connectivity index (χ0v) is 11.4. The van der Waals surface area contributed by atoms with Gasteiger partial charge in [0.15, 0.2) is 5.71 Å². The number of nitrogens with zero attached hydrogens (tertiary/aromatic N) is 2. The maximum atomic E-state index is 12.9. The molecule has 2 aliphatic heterocycles. The summed E-state index contributed by atoms with van der Waals surface area (Å²) >= 11 is 0. The second-order valence-electron chi connectivity index (χ2n) is 5.63. The first-order valence-electron chi connectivity index (χ1n) is 5.88. The van der Waals surface area contributed by atoms with Crippen LogP contribution in [-0.4, -0.2) is 30.2 Å². The quantitative estimate of drug-likeness (QED) is 0.690. The molecule has 19 heavy (non-hydrogen) atoms. The van der Waals surface area contributed by atoms with E-state index in [0.717, 1.165) is 0 Å². The van der Waals surface area contributed by atoms with Crippen molar-refractivity contribution in [1.82, 2.24) is 5.43 Å². The maximum absolute atomic E-state index is 12.9. The predicted octanol–water partition coefficient (Wildman–Crippen LogP) is 2.43. The third-order valence-electron chi connectivity index (χ3n) is 3.70. The summed E-state index contributed by atoms with van der Waals surface area (Å²) in [5.74, 6) is 0. The van der Waals surface area contributed by atoms with Gasteiger partial charge in [-0.2, -0.15) is 18.6 Å². The van der Waals surface area contributed by atoms with Crippen LogP contribution in [0.3, 0.4) is 0 Å². The zero-order chi connectivity index (χ0) is 14.6. The highest BCUT2D eigenvalue weighted by molar-refractivity contribution is 6.63. The van der Waals surface area contributed by atoms with Crippen LogP contribution in [0.2, 0.25) is 0 Å². The fraction of sp³-hybridized carbons (Fsp3) is 0.727. The summed E-state index contributed by atoms with van der Waals surface area (Å²) in [6, 6.07) is 0. The minimum atomic E-state index is -4.57. The monoisotopic (exact) mass is 275 g/mol. The van der Waals surface area contributed by atoms with Crippen molar-refractivity contribution in [3.8, 4) is 0 Å². The maximum Gasteiger partial charge on any atom is 0.499 e. The number of allylic oxidation sites excluding steroid dienone is 2. The number of rotatable bonds is 1. The Morgan fingerprint density at radius 1 is 1.05 bits per heavy atom. The Balaban J connectivity index is 2.34. The largest absolute Gasteiger partial charge is 0.499 e. The molecule has 1 saturated heterocycles. The molecule has 2 aliphatic rings. The van der Waals surface area contributed by atoms with Crippen molar-refractivity contribution < 1.29 is 22.5 Å². The molecule has 1 radical (unpaired) electrons. The van der Waals surface area contributed by atoms with Gasteiger partial charge in [-0.25, -0.2) is 0 Å². The molecule has 0 amide bonds. The van der Waals surface area contributed by atoms with Gasteiger partial charge in [0.05, 0.1) is 16.9 Å². The minimum absolute atomic E-state index is 0.133. The van der Waals surface area contributed by atoms with E-state index in [9.17, 15) is 13.2 Å². The molecule has 8 heteroatoms. The lowest BCUT2D eigenvalue weighted by atomic mass is 9.74. The Labute approximate surface area is 110 Å². The van der Waals surface area contributed by atoms with Crippen molar-refractivity contribution >= 4 is 12.8 Å². The second-order valence-corrected chi connectivity index (χ2v) is 5.63. The molecule has 0 aliphatic carbocycles. The summed E-state index contributed by atoms with van der Waals surface area (Å²) in [5, 5.41) is 3.19. The van der Waals surface area contributed by atoms with Gasteiger partial charge in [0.25, 0.3) is 0 Å². The summed E-state index contributed by atoms with van der Waals surface area (Å²) in [5.41, 5.74) is 1.09. The molecule has 4 nitrogen and oxygen atoms in total. The van der Waals surface area contributed by atoms with Gasteiger partial charge in [-0.05, 0) is 34.6 Å². The molecule has 0 aromatic carbocycles. The average Bonchev–Trinajstić information content (AvgIpc) is 2.65. The molecule has 0 saturated carbocycles. The molecule has 0 bridgehead atoms. The zero-order valence-electron chi connectivity index (χ0n) is 11.4. The molecular formula is C11H15BF3N2O2. The first-order chi connectivity index (χ1) is 8.46. The number of halogens is 3. The van der Waals surface area contributed by atoms with E-state index in [1.54, 1.807) is 27.7 Å². The standard InChI is InChI=1S/C11H15BF3N2O2/c1-6-7(8(17-16-6)11(13,14)15)12-18-9(2,3)10(4,5)19-12/h1-5H3. The SMILES string of the molecule is CC1=C(B2OC(C)(C)C(C)(C)O2)C(C(F)(F)F)=N[N]1. The molecule has 0 aromatic heterocycles. The average molecular weight is 275 g/mol. The van der Waals surface area contributed by atoms with Gasteiger partial charge in [0, 0.05) is 5.47 Å². The molecule has 2 heterocycles. The van der Waals surface area contributed by atoms with E-state index >= 15 is 0 Å². The predicted molar refractivity (Wildman–Crippen MR) is 64.4 cm³/mol. The number of hydrogen-bond acceptors (Lipinski definition) is 3. The molecule has 105 valence electrons. The molecule has 2 rings (SSSR count). The Kier molecular flexibility index (Phi) is 3.02. The highest BCUT2D eigenvalue weighted by Crippen LogP contribution is 2.41. The highest BCUT2D eigenvalue weighted by Gasteiger charge is 2.57. The van der Waals surface area contributed by atoms with E-state index in [1.807, 2.05) is 0 Å². The molecule has 0 N–H and O–H groups in total. The summed E-state index contributed by atoms with van der Waals surface area (Å²) in [6.45, 7) is 8.57. The molecule has 0 aromatic rings. The Hall–Kier alpha value is -1.02. The van der Waals surface area contributed by atoms with Crippen LogP contribution in [0.4, 0.5) is 13.2 Å². The summed E-state index contributed by atoms with van der Waals surface area (Å²) < 4.78 is 49.9. The van der Waals surface area contributed by atoms with Gasteiger partial charge < -0.3 is 9.31 Å². The summed E-state index contributed by atoms with van der Waals surface area (Å²) in [7, 11) is -1.10. The third-order valence-corrected chi connectivity index (χ3v) is 3.70. The first-order valence-corrected chi connectivity index (χ1v) is 5.88. The van der Waals surface area contributed by atoms with E-state index in [-0.39, 0.29) is 11.2 Å². The smallest absolute Gasteiger partial charge is 0.399 e. The van der Waals surface area contributed by atoms with Gasteiger partial charge in [-0.1, -0.05) is 0 Å². The van der Waals surface area contributed by atoms with Crippen LogP contribution in [0, 0.1) is 0 Å². The topological polar surface area (TPSA) is 44.9 Å². The van der Waals surface area contributed by atoms with Crippen molar-refractivity contribution in [2.24, 2.45) is 5.10 Å². The summed E-state index contributed by atoms with van der Waals surface area (Å²) in [6.07, 6.45) is -4.57. The van der Waals surface area contributed by atoms with Crippen LogP contribution < -0.4 is 5.43 Å². The lowest BCUT2D eigenvalue weighted by Crippen LogP contribution is -2.41. The lowest BCUT2D eigenvalue weighted by molar-refractivity contribution is -0.0581. The van der Waals surface area contributed by atoms with E-state index in [0.29, 0.717) is 0 Å². The van der Waals surface area contributed by atoms with E-state index in [4.69, 9.17) is 9.31 Å². The van der Waals surface area contributed by atoms with E-state index in [2.05, 4.69) is 10.5 Å². The number of alkyl halides is 3. The third kappa shape index (κ3) is 2.27. The van der Waals surface area contributed by atoms with E-state index < -0.39 is 30.2 Å². The van der Waals surface area contributed by atoms with Crippen molar-refractivity contribution in [3.05, 3.63) is 11.2 Å². The van der Waals surface area contributed by atoms with Crippen LogP contribution in [0.1, 0.15) is 34.6 Å². The first kappa shape index (κ1) is 14.4. The van der Waals surface area contributed by atoms with Crippen LogP contribution in [0.25, 0.3) is 0 Å². The fourth-order valence-corrected chi connectivity index (χ4v) is 1.86. The molecule has 1 fully saturated rings. The Morgan fingerprint density at radius 3 is 1.95 bits per heavy atom. The Bertz CT molecular complexity index is 453. The Morgan fingerprint density at radius 2 is 1.53 bits per heavy atom. The molecular weight excluding hydrogens is 260 g/mol. The van der Waals surface area contributed by atoms with Crippen molar-refractivity contribution in [3.63, 3.8) is 0 Å². The minimum Gasteiger partial charge on any atom is -0.399 e. The number of hydrogen-bond donors (Lipinski definition) is 0. The normalized spacial score (nSPS) is 25.7. The molecule has 0 spiro atoms. The molecule has 0 unspecified atom stereocenters. The lowest BCUT2D eigenvalue weighted by Gasteiger charge is -2.32. The molecule has 0 atom stereocenters. The highest BCUT2D eigenvalue weighted by atomic mass is 19.4. The van der Waals surface area contributed by atoms with Gasteiger partial charge >= 0.3 is 13.3 Å². The van der Waals surface area contributed by atoms with Crippen molar-refractivity contribution in [1.29, 1.82) is 0 Å². The van der Waals surface area contributed by atoms with Gasteiger partial charge in [0.1, 0.15) is 0 Å². The van der Waals surface area contributed by atoms with Crippen molar-refractivity contribution in [2.75, 3.05) is 0 Å². The summed E-state index contributed by atoms with van der Waals surface area (Å²) in [4.78, 5) is 0. The van der Waals surface area contributed by atoms with Crippen LogP contribution in [0.15, 0.2) is 16.3 Å². The van der Waals surface area contributed by atoms with Crippen molar-refractivity contribution in [2.45, 2.75) is 52.0 Å². The van der Waals surface area contributed by atoms with Gasteiger partial charge in [0.2, 0.25) is 0 Å². The second kappa shape index (κ2) is 3.99. The van der Waals surface area contributed by atoms with Crippen LogP contribution in [0.5, 0.6) is 0 Å². The van der Waals surface area contributed by atoms with Gasteiger partial charge in [-0.15, -0.1) is 5.10 Å². The van der Waals surface area contributed by atoms with Crippen LogP contribution in [-0.2, 0) is 9.31 Å². The van der Waals surface area contributed by atoms with E-state index in [1.165, 1.54) is 6.92 Å².